The van der Waals surface area contributed by atoms with E-state index in [0.29, 0.717) is 35.5 Å². The smallest absolute Gasteiger partial charge is 0.270 e. The SMILES string of the molecule is O=C(c1cc([N+](=O)[O-])ccc1Br)N1CCC(CCO)C1. The van der Waals surface area contributed by atoms with Crippen molar-refractivity contribution in [2.24, 2.45) is 5.92 Å². The summed E-state index contributed by atoms with van der Waals surface area (Å²) in [5.74, 6) is 0.0995. The topological polar surface area (TPSA) is 83.7 Å². The number of nitrogens with zero attached hydrogens (tertiary/aromatic N) is 2. The average Bonchev–Trinajstić information content (AvgIpc) is 2.87. The van der Waals surface area contributed by atoms with Gasteiger partial charge >= 0.3 is 0 Å². The molecule has 0 radical (unpaired) electrons. The number of rotatable bonds is 4. The molecule has 6 nitrogen and oxygen atoms in total. The first-order chi connectivity index (χ1) is 9.52. The van der Waals surface area contributed by atoms with E-state index in [1.54, 1.807) is 4.90 Å². The van der Waals surface area contributed by atoms with Crippen LogP contribution in [0.1, 0.15) is 23.2 Å². The molecule has 1 atom stereocenters. The van der Waals surface area contributed by atoms with Crippen molar-refractivity contribution in [3.8, 4) is 0 Å². The first-order valence-corrected chi connectivity index (χ1v) is 7.16. The average molecular weight is 343 g/mol. The maximum Gasteiger partial charge on any atom is 0.270 e. The molecule has 1 N–H and O–H groups in total. The van der Waals surface area contributed by atoms with E-state index in [9.17, 15) is 14.9 Å². The fourth-order valence-electron chi connectivity index (χ4n) is 2.40. The van der Waals surface area contributed by atoms with Gasteiger partial charge in [-0.15, -0.1) is 0 Å². The van der Waals surface area contributed by atoms with E-state index in [4.69, 9.17) is 5.11 Å². The third kappa shape index (κ3) is 3.16. The van der Waals surface area contributed by atoms with Crippen LogP contribution in [0.4, 0.5) is 5.69 Å². The number of hydrogen-bond donors (Lipinski definition) is 1. The number of nitro groups is 1. The van der Waals surface area contributed by atoms with E-state index in [1.165, 1.54) is 18.2 Å². The Balaban J connectivity index is 2.17. The Morgan fingerprint density at radius 1 is 1.55 bits per heavy atom. The standard InChI is InChI=1S/C13H15BrN2O4/c14-12-2-1-10(16(19)20)7-11(12)13(18)15-5-3-9(8-15)4-6-17/h1-2,7,9,17H,3-6,8H2. The lowest BCUT2D eigenvalue weighted by Crippen LogP contribution is -2.29. The number of non-ortho nitro benzene ring substituents is 1. The summed E-state index contributed by atoms with van der Waals surface area (Å²) in [7, 11) is 0. The van der Waals surface area contributed by atoms with Gasteiger partial charge in [0.2, 0.25) is 0 Å². The van der Waals surface area contributed by atoms with Crippen molar-refractivity contribution in [1.82, 2.24) is 4.90 Å². The molecule has 2 rings (SSSR count). The fraction of sp³-hybridized carbons (Fsp3) is 0.462. The van der Waals surface area contributed by atoms with E-state index in [2.05, 4.69) is 15.9 Å². The molecule has 108 valence electrons. The largest absolute Gasteiger partial charge is 0.396 e. The summed E-state index contributed by atoms with van der Waals surface area (Å²) in [6.07, 6.45) is 1.54. The third-order valence-electron chi connectivity index (χ3n) is 3.50. The molecule has 1 aromatic carbocycles. The second-order valence-electron chi connectivity index (χ2n) is 4.84. The Labute approximate surface area is 124 Å². The van der Waals surface area contributed by atoms with E-state index < -0.39 is 4.92 Å². The van der Waals surface area contributed by atoms with Crippen LogP contribution in [-0.2, 0) is 0 Å². The van der Waals surface area contributed by atoms with Crippen LogP contribution >= 0.6 is 15.9 Å². The first-order valence-electron chi connectivity index (χ1n) is 6.37. The Hall–Kier alpha value is -1.47. The highest BCUT2D eigenvalue weighted by Gasteiger charge is 2.28. The zero-order chi connectivity index (χ0) is 14.7. The minimum absolute atomic E-state index is 0.0948. The van der Waals surface area contributed by atoms with Crippen LogP contribution in [0.25, 0.3) is 0 Å². The van der Waals surface area contributed by atoms with Crippen molar-refractivity contribution in [1.29, 1.82) is 0 Å². The molecule has 1 aromatic rings. The van der Waals surface area contributed by atoms with Gasteiger partial charge in [-0.2, -0.15) is 0 Å². The Morgan fingerprint density at radius 2 is 2.30 bits per heavy atom. The summed E-state index contributed by atoms with van der Waals surface area (Å²) in [4.78, 5) is 24.4. The molecule has 0 aromatic heterocycles. The molecule has 20 heavy (non-hydrogen) atoms. The Bertz CT molecular complexity index is 535. The van der Waals surface area contributed by atoms with Gasteiger partial charge in [0.25, 0.3) is 11.6 Å². The van der Waals surface area contributed by atoms with Crippen LogP contribution in [0.15, 0.2) is 22.7 Å². The van der Waals surface area contributed by atoms with Crippen LogP contribution in [0.2, 0.25) is 0 Å². The third-order valence-corrected chi connectivity index (χ3v) is 4.19. The van der Waals surface area contributed by atoms with E-state index in [0.717, 1.165) is 6.42 Å². The minimum Gasteiger partial charge on any atom is -0.396 e. The Kier molecular flexibility index (Phi) is 4.72. The number of carbonyl (C=O) groups excluding carboxylic acids is 1. The molecule has 1 amide bonds. The zero-order valence-corrected chi connectivity index (χ0v) is 12.4. The summed E-state index contributed by atoms with van der Waals surface area (Å²) >= 11 is 3.26. The minimum atomic E-state index is -0.512. The van der Waals surface area contributed by atoms with Gasteiger partial charge < -0.3 is 10.0 Å². The Morgan fingerprint density at radius 3 is 2.95 bits per heavy atom. The predicted molar refractivity (Wildman–Crippen MR) is 76.5 cm³/mol. The number of hydrogen-bond acceptors (Lipinski definition) is 4. The fourth-order valence-corrected chi connectivity index (χ4v) is 2.81. The summed E-state index contributed by atoms with van der Waals surface area (Å²) < 4.78 is 0.554. The van der Waals surface area contributed by atoms with Gasteiger partial charge in [-0.05, 0) is 40.8 Å². The molecular formula is C13H15BrN2O4. The van der Waals surface area contributed by atoms with Crippen molar-refractivity contribution >= 4 is 27.5 Å². The number of amides is 1. The summed E-state index contributed by atoms with van der Waals surface area (Å²) in [5.41, 5.74) is 0.214. The van der Waals surface area contributed by atoms with Crippen molar-refractivity contribution < 1.29 is 14.8 Å². The lowest BCUT2D eigenvalue weighted by atomic mass is 10.1. The molecule has 1 heterocycles. The predicted octanol–water partition coefficient (Wildman–Crippen LogP) is 2.20. The molecule has 1 fully saturated rings. The van der Waals surface area contributed by atoms with Gasteiger partial charge in [0.15, 0.2) is 0 Å². The van der Waals surface area contributed by atoms with Crippen LogP contribution in [0.3, 0.4) is 0 Å². The van der Waals surface area contributed by atoms with Gasteiger partial charge in [-0.3, -0.25) is 14.9 Å². The van der Waals surface area contributed by atoms with Crippen LogP contribution in [0.5, 0.6) is 0 Å². The molecule has 1 saturated heterocycles. The maximum atomic E-state index is 12.4. The van der Waals surface area contributed by atoms with Gasteiger partial charge in [0, 0.05) is 36.3 Å². The molecule has 7 heteroatoms. The molecule has 1 aliphatic heterocycles. The summed E-state index contributed by atoms with van der Waals surface area (Å²) in [6.45, 7) is 1.33. The molecule has 0 aliphatic carbocycles. The molecule has 0 spiro atoms. The highest BCUT2D eigenvalue weighted by Crippen LogP contribution is 2.27. The maximum absolute atomic E-state index is 12.4. The summed E-state index contributed by atoms with van der Waals surface area (Å²) in [5, 5.41) is 19.7. The van der Waals surface area contributed by atoms with E-state index in [1.807, 2.05) is 0 Å². The van der Waals surface area contributed by atoms with Crippen molar-refractivity contribution in [3.63, 3.8) is 0 Å². The molecular weight excluding hydrogens is 328 g/mol. The lowest BCUT2D eigenvalue weighted by molar-refractivity contribution is -0.384. The zero-order valence-electron chi connectivity index (χ0n) is 10.8. The number of halogens is 1. The van der Waals surface area contributed by atoms with E-state index >= 15 is 0 Å². The first kappa shape index (κ1) is 14.9. The molecule has 1 aliphatic rings. The van der Waals surface area contributed by atoms with Crippen molar-refractivity contribution in [2.75, 3.05) is 19.7 Å². The van der Waals surface area contributed by atoms with Crippen LogP contribution in [-0.4, -0.2) is 40.5 Å². The van der Waals surface area contributed by atoms with Gasteiger partial charge in [0.1, 0.15) is 0 Å². The quantitative estimate of drug-likeness (QED) is 0.671. The summed E-state index contributed by atoms with van der Waals surface area (Å²) in [6, 6.07) is 4.18. The molecule has 0 saturated carbocycles. The second-order valence-corrected chi connectivity index (χ2v) is 5.69. The lowest BCUT2D eigenvalue weighted by Gasteiger charge is -2.17. The van der Waals surface area contributed by atoms with Crippen LogP contribution in [0, 0.1) is 16.0 Å². The highest BCUT2D eigenvalue weighted by atomic mass is 79.9. The normalized spacial score (nSPS) is 18.3. The number of benzene rings is 1. The molecule has 0 bridgehead atoms. The number of aliphatic hydroxyl groups is 1. The highest BCUT2D eigenvalue weighted by molar-refractivity contribution is 9.10. The van der Waals surface area contributed by atoms with Crippen molar-refractivity contribution in [3.05, 3.63) is 38.3 Å². The van der Waals surface area contributed by atoms with Gasteiger partial charge in [0.05, 0.1) is 10.5 Å². The number of carbonyl (C=O) groups is 1. The van der Waals surface area contributed by atoms with Crippen molar-refractivity contribution in [2.45, 2.75) is 12.8 Å². The van der Waals surface area contributed by atoms with Gasteiger partial charge in [-0.1, -0.05) is 0 Å². The number of aliphatic hydroxyl groups excluding tert-OH is 1. The second kappa shape index (κ2) is 6.32. The van der Waals surface area contributed by atoms with Crippen LogP contribution < -0.4 is 0 Å². The molecule has 1 unspecified atom stereocenters. The monoisotopic (exact) mass is 342 g/mol. The van der Waals surface area contributed by atoms with Gasteiger partial charge in [-0.25, -0.2) is 0 Å². The number of likely N-dealkylation sites (tertiary alicyclic amines) is 1. The number of nitro benzene ring substituents is 1. The van der Waals surface area contributed by atoms with E-state index in [-0.39, 0.29) is 18.2 Å².